The number of nitrogens with zero attached hydrogens (tertiary/aromatic N) is 3. The van der Waals surface area contributed by atoms with E-state index in [1.165, 1.54) is 6.33 Å². The van der Waals surface area contributed by atoms with Crippen molar-refractivity contribution in [3.8, 4) is 0 Å². The molecule has 5 nitrogen and oxygen atoms in total. The summed E-state index contributed by atoms with van der Waals surface area (Å²) in [6.07, 6.45) is 3.17. The van der Waals surface area contributed by atoms with Crippen LogP contribution in [0, 0.1) is 5.92 Å². The molecule has 2 rings (SSSR count). The van der Waals surface area contributed by atoms with Crippen LogP contribution in [0.4, 0.5) is 5.69 Å². The van der Waals surface area contributed by atoms with Crippen molar-refractivity contribution in [1.82, 2.24) is 14.8 Å². The molecule has 0 atom stereocenters. The van der Waals surface area contributed by atoms with Gasteiger partial charge in [0.25, 0.3) is 0 Å². The number of hydrogen-bond donors (Lipinski definition) is 1. The first-order valence-corrected chi connectivity index (χ1v) is 5.87. The molecule has 0 bridgehead atoms. The van der Waals surface area contributed by atoms with Gasteiger partial charge in [0.1, 0.15) is 12.7 Å². The lowest BCUT2D eigenvalue weighted by atomic mass is 10.1. The molecule has 2 aromatic rings. The fourth-order valence-electron chi connectivity index (χ4n) is 1.54. The first-order chi connectivity index (χ1) is 8.65. The average molecular weight is 244 g/mol. The predicted molar refractivity (Wildman–Crippen MR) is 69.0 cm³/mol. The number of anilines is 1. The van der Waals surface area contributed by atoms with Crippen molar-refractivity contribution in [3.05, 3.63) is 42.5 Å². The molecular formula is C13H16N4O. The van der Waals surface area contributed by atoms with Crippen LogP contribution in [0.15, 0.2) is 36.9 Å². The molecule has 1 aromatic heterocycles. The maximum absolute atomic E-state index is 11.6. The van der Waals surface area contributed by atoms with Crippen LogP contribution in [0.5, 0.6) is 0 Å². The van der Waals surface area contributed by atoms with Crippen molar-refractivity contribution in [3.63, 3.8) is 0 Å². The summed E-state index contributed by atoms with van der Waals surface area (Å²) >= 11 is 0. The van der Waals surface area contributed by atoms with E-state index in [-0.39, 0.29) is 11.8 Å². The molecule has 1 aromatic carbocycles. The van der Waals surface area contributed by atoms with Crippen molar-refractivity contribution in [2.75, 3.05) is 5.32 Å². The monoisotopic (exact) mass is 244 g/mol. The Bertz CT molecular complexity index is 520. The van der Waals surface area contributed by atoms with Gasteiger partial charge in [0.15, 0.2) is 0 Å². The number of aromatic nitrogens is 3. The van der Waals surface area contributed by atoms with Gasteiger partial charge in [0.05, 0.1) is 6.54 Å². The standard InChI is InChI=1S/C13H16N4O/c1-10(2)13(18)16-12-5-3-4-11(6-12)7-17-9-14-8-15-17/h3-6,8-10H,7H2,1-2H3,(H,16,18). The van der Waals surface area contributed by atoms with Gasteiger partial charge >= 0.3 is 0 Å². The molecule has 0 unspecified atom stereocenters. The molecule has 0 saturated carbocycles. The van der Waals surface area contributed by atoms with Crippen LogP contribution in [0.25, 0.3) is 0 Å². The molecule has 0 aliphatic carbocycles. The van der Waals surface area contributed by atoms with Crippen molar-refractivity contribution in [2.45, 2.75) is 20.4 Å². The number of nitrogens with one attached hydrogen (secondary N) is 1. The first kappa shape index (κ1) is 12.3. The summed E-state index contributed by atoms with van der Waals surface area (Å²) in [5.74, 6) is -0.00289. The van der Waals surface area contributed by atoms with Gasteiger partial charge in [0, 0.05) is 11.6 Å². The summed E-state index contributed by atoms with van der Waals surface area (Å²) in [4.78, 5) is 15.5. The molecule has 0 aliphatic rings. The van der Waals surface area contributed by atoms with Crippen LogP contribution in [-0.2, 0) is 11.3 Å². The zero-order valence-electron chi connectivity index (χ0n) is 10.5. The van der Waals surface area contributed by atoms with Gasteiger partial charge in [-0.25, -0.2) is 9.67 Å². The van der Waals surface area contributed by atoms with Crippen LogP contribution in [0.1, 0.15) is 19.4 Å². The molecule has 0 spiro atoms. The predicted octanol–water partition coefficient (Wildman–Crippen LogP) is 1.92. The lowest BCUT2D eigenvalue weighted by Gasteiger charge is -2.09. The van der Waals surface area contributed by atoms with E-state index >= 15 is 0 Å². The topological polar surface area (TPSA) is 59.8 Å². The minimum absolute atomic E-state index is 0.0212. The van der Waals surface area contributed by atoms with Crippen LogP contribution >= 0.6 is 0 Å². The second kappa shape index (κ2) is 5.44. The van der Waals surface area contributed by atoms with Gasteiger partial charge in [-0.15, -0.1) is 0 Å². The smallest absolute Gasteiger partial charge is 0.226 e. The highest BCUT2D eigenvalue weighted by Gasteiger charge is 2.07. The quantitative estimate of drug-likeness (QED) is 0.893. The molecule has 18 heavy (non-hydrogen) atoms. The van der Waals surface area contributed by atoms with Gasteiger partial charge in [-0.1, -0.05) is 26.0 Å². The van der Waals surface area contributed by atoms with Crippen molar-refractivity contribution in [2.24, 2.45) is 5.92 Å². The lowest BCUT2D eigenvalue weighted by molar-refractivity contribution is -0.118. The number of carbonyl (C=O) groups excluding carboxylic acids is 1. The fraction of sp³-hybridized carbons (Fsp3) is 0.308. The molecule has 94 valence electrons. The Balaban J connectivity index is 2.08. The van der Waals surface area contributed by atoms with Crippen LogP contribution in [-0.4, -0.2) is 20.7 Å². The van der Waals surface area contributed by atoms with Crippen molar-refractivity contribution >= 4 is 11.6 Å². The van der Waals surface area contributed by atoms with E-state index in [2.05, 4.69) is 15.4 Å². The highest BCUT2D eigenvalue weighted by Crippen LogP contribution is 2.12. The number of amides is 1. The molecule has 0 aliphatic heterocycles. The molecular weight excluding hydrogens is 228 g/mol. The number of benzene rings is 1. The molecule has 1 amide bonds. The largest absolute Gasteiger partial charge is 0.326 e. The summed E-state index contributed by atoms with van der Waals surface area (Å²) in [5, 5.41) is 6.93. The Kier molecular flexibility index (Phi) is 3.72. The van der Waals surface area contributed by atoms with Crippen LogP contribution in [0.3, 0.4) is 0 Å². The summed E-state index contributed by atoms with van der Waals surface area (Å²) in [6.45, 7) is 4.38. The fourth-order valence-corrected chi connectivity index (χ4v) is 1.54. The van der Waals surface area contributed by atoms with Gasteiger partial charge in [-0.3, -0.25) is 4.79 Å². The zero-order chi connectivity index (χ0) is 13.0. The molecule has 5 heteroatoms. The van der Waals surface area contributed by atoms with Crippen LogP contribution < -0.4 is 5.32 Å². The Labute approximate surface area is 106 Å². The van der Waals surface area contributed by atoms with E-state index in [4.69, 9.17) is 0 Å². The summed E-state index contributed by atoms with van der Waals surface area (Å²) < 4.78 is 1.74. The van der Waals surface area contributed by atoms with Gasteiger partial charge < -0.3 is 5.32 Å². The van der Waals surface area contributed by atoms with Crippen molar-refractivity contribution in [1.29, 1.82) is 0 Å². The highest BCUT2D eigenvalue weighted by molar-refractivity contribution is 5.92. The third kappa shape index (κ3) is 3.16. The van der Waals surface area contributed by atoms with E-state index in [9.17, 15) is 4.79 Å². The molecule has 0 fully saturated rings. The van der Waals surface area contributed by atoms with E-state index in [1.807, 2.05) is 38.1 Å². The second-order valence-electron chi connectivity index (χ2n) is 4.44. The maximum atomic E-state index is 11.6. The molecule has 1 heterocycles. The minimum Gasteiger partial charge on any atom is -0.326 e. The lowest BCUT2D eigenvalue weighted by Crippen LogP contribution is -2.17. The SMILES string of the molecule is CC(C)C(=O)Nc1cccc(Cn2cncn2)c1. The third-order valence-corrected chi connectivity index (χ3v) is 2.53. The normalized spacial score (nSPS) is 10.6. The molecule has 0 saturated heterocycles. The minimum atomic E-state index is -0.0241. The maximum Gasteiger partial charge on any atom is 0.226 e. The Morgan fingerprint density at radius 1 is 1.44 bits per heavy atom. The van der Waals surface area contributed by atoms with E-state index in [1.54, 1.807) is 11.0 Å². The van der Waals surface area contributed by atoms with E-state index in [0.717, 1.165) is 11.3 Å². The van der Waals surface area contributed by atoms with Gasteiger partial charge in [-0.05, 0) is 17.7 Å². The number of carbonyl (C=O) groups is 1. The average Bonchev–Trinajstić information content (AvgIpc) is 2.82. The zero-order valence-corrected chi connectivity index (χ0v) is 10.5. The number of rotatable bonds is 4. The Hall–Kier alpha value is -2.17. The molecule has 1 N–H and O–H groups in total. The van der Waals surface area contributed by atoms with Gasteiger partial charge in [-0.2, -0.15) is 5.10 Å². The van der Waals surface area contributed by atoms with E-state index < -0.39 is 0 Å². The Morgan fingerprint density at radius 2 is 2.28 bits per heavy atom. The van der Waals surface area contributed by atoms with Crippen molar-refractivity contribution < 1.29 is 4.79 Å². The Morgan fingerprint density at radius 3 is 2.94 bits per heavy atom. The second-order valence-corrected chi connectivity index (χ2v) is 4.44. The van der Waals surface area contributed by atoms with E-state index in [0.29, 0.717) is 6.54 Å². The highest BCUT2D eigenvalue weighted by atomic mass is 16.1. The number of hydrogen-bond acceptors (Lipinski definition) is 3. The summed E-state index contributed by atoms with van der Waals surface area (Å²) in [5.41, 5.74) is 1.88. The third-order valence-electron chi connectivity index (χ3n) is 2.53. The first-order valence-electron chi connectivity index (χ1n) is 5.87. The van der Waals surface area contributed by atoms with Gasteiger partial charge in [0.2, 0.25) is 5.91 Å². The summed E-state index contributed by atoms with van der Waals surface area (Å²) in [6, 6.07) is 7.74. The molecule has 0 radical (unpaired) electrons. The summed E-state index contributed by atoms with van der Waals surface area (Å²) in [7, 11) is 0. The van der Waals surface area contributed by atoms with Crippen LogP contribution in [0.2, 0.25) is 0 Å².